The molecule has 0 spiro atoms. The molecule has 0 heterocycles. The van der Waals surface area contributed by atoms with E-state index >= 15 is 0 Å². The Morgan fingerprint density at radius 1 is 1.80 bits per heavy atom. The third-order valence-corrected chi connectivity index (χ3v) is 1.66. The summed E-state index contributed by atoms with van der Waals surface area (Å²) in [5.74, 6) is 0. The lowest BCUT2D eigenvalue weighted by Crippen LogP contribution is -1.82. The van der Waals surface area contributed by atoms with Crippen molar-refractivity contribution >= 4 is 29.4 Å². The molecule has 0 unspecified atom stereocenters. The molecule has 0 aliphatic rings. The highest BCUT2D eigenvalue weighted by atomic mass is 32.2. The van der Waals surface area contributed by atoms with Crippen LogP contribution < -0.4 is 0 Å². The van der Waals surface area contributed by atoms with Crippen LogP contribution in [0.4, 0.5) is 0 Å². The number of thiol groups is 1. The third-order valence-electron chi connectivity index (χ3n) is 0.341. The van der Waals surface area contributed by atoms with Gasteiger partial charge >= 0.3 is 0 Å². The van der Waals surface area contributed by atoms with Gasteiger partial charge in [0, 0.05) is 0 Å². The van der Waals surface area contributed by atoms with Crippen molar-refractivity contribution in [2.45, 2.75) is 6.82 Å². The zero-order valence-corrected chi connectivity index (χ0v) is 5.14. The summed E-state index contributed by atoms with van der Waals surface area (Å²) in [4.78, 5) is 0. The van der Waals surface area contributed by atoms with Crippen LogP contribution in [-0.4, -0.2) is 11.5 Å². The van der Waals surface area contributed by atoms with Gasteiger partial charge in [-0.25, -0.2) is 12.5 Å². The smallest absolute Gasteiger partial charge is 0.213 e. The average Bonchev–Trinajstić information content (AvgIpc) is 1.38. The molecule has 0 aromatic carbocycles. The first-order chi connectivity index (χ1) is 2.27. The lowest BCUT2D eigenvalue weighted by Gasteiger charge is -1.84. The fraction of sp³-hybridized carbons (Fsp3) is 1.00. The van der Waals surface area contributed by atoms with Crippen molar-refractivity contribution in [3.05, 3.63) is 0 Å². The van der Waals surface area contributed by atoms with Gasteiger partial charge in [0.1, 0.15) is 0 Å². The molecule has 0 aromatic rings. The molecule has 30 valence electrons. The van der Waals surface area contributed by atoms with Gasteiger partial charge in [-0.1, -0.05) is 6.82 Å². The average molecular weight is 106 g/mol. The summed E-state index contributed by atoms with van der Waals surface area (Å²) in [6.07, 6.45) is 2.04. The minimum Gasteiger partial charge on any atom is -0.213 e. The second kappa shape index (κ2) is 2.97. The Labute approximate surface area is 43.0 Å². The Bertz CT molecular complexity index is 21.6. The van der Waals surface area contributed by atoms with E-state index in [1.165, 1.54) is 0 Å². The maximum absolute atomic E-state index is 4.06. The second-order valence-corrected chi connectivity index (χ2v) is 3.14. The van der Waals surface area contributed by atoms with Crippen LogP contribution in [0.3, 0.4) is 0 Å². The van der Waals surface area contributed by atoms with E-state index in [0.717, 1.165) is 0 Å². The Morgan fingerprint density at radius 2 is 2.00 bits per heavy atom. The molecule has 0 saturated carbocycles. The summed E-state index contributed by atoms with van der Waals surface area (Å²) in [5, 5.41) is 0.495. The van der Waals surface area contributed by atoms with E-state index < -0.39 is 0 Å². The molecule has 0 rings (SSSR count). The fourth-order valence-corrected chi connectivity index (χ4v) is 0. The lowest BCUT2D eigenvalue weighted by molar-refractivity contribution is 2.34. The molecule has 0 N–H and O–H groups in total. The van der Waals surface area contributed by atoms with Gasteiger partial charge in [-0.15, -0.1) is 0 Å². The van der Waals surface area contributed by atoms with Gasteiger partial charge in [-0.3, -0.25) is 0 Å². The van der Waals surface area contributed by atoms with Crippen LogP contribution in [0, 0.1) is 0 Å². The van der Waals surface area contributed by atoms with E-state index in [1.54, 1.807) is 11.6 Å². The van der Waals surface area contributed by atoms with E-state index in [2.05, 4.69) is 12.5 Å². The zero-order valence-electron chi connectivity index (χ0n) is 3.43. The SMILES string of the molecule is CSB(C)S. The van der Waals surface area contributed by atoms with Crippen LogP contribution in [0.25, 0.3) is 0 Å². The summed E-state index contributed by atoms with van der Waals surface area (Å²) in [6.45, 7) is 2.05. The van der Waals surface area contributed by atoms with Crippen LogP contribution in [0.2, 0.25) is 6.82 Å². The highest BCUT2D eigenvalue weighted by Gasteiger charge is 1.89. The first-order valence-corrected chi connectivity index (χ1v) is 3.28. The summed E-state index contributed by atoms with van der Waals surface area (Å²) in [7, 11) is 0. The van der Waals surface area contributed by atoms with Crippen molar-refractivity contribution in [3.63, 3.8) is 0 Å². The molecule has 0 radical (unpaired) electrons. The van der Waals surface area contributed by atoms with Gasteiger partial charge in [0.05, 0.1) is 0 Å². The van der Waals surface area contributed by atoms with Gasteiger partial charge < -0.3 is 0 Å². The van der Waals surface area contributed by atoms with Crippen molar-refractivity contribution < 1.29 is 0 Å². The normalized spacial score (nSPS) is 7.80. The quantitative estimate of drug-likeness (QED) is 0.389. The highest BCUT2D eigenvalue weighted by molar-refractivity contribution is 8.47. The molecular formula is C2H7BS2. The van der Waals surface area contributed by atoms with Crippen molar-refractivity contribution in [2.24, 2.45) is 0 Å². The molecule has 0 saturated heterocycles. The van der Waals surface area contributed by atoms with E-state index in [-0.39, 0.29) is 0 Å². The molecule has 0 amide bonds. The molecule has 0 nitrogen and oxygen atoms in total. The summed E-state index contributed by atoms with van der Waals surface area (Å²) in [5.41, 5.74) is 0. The van der Waals surface area contributed by atoms with Crippen molar-refractivity contribution in [2.75, 3.05) is 6.26 Å². The van der Waals surface area contributed by atoms with Crippen molar-refractivity contribution in [1.29, 1.82) is 0 Å². The molecule has 0 atom stereocenters. The van der Waals surface area contributed by atoms with Crippen LogP contribution in [0.5, 0.6) is 0 Å². The third kappa shape index (κ3) is 4.76. The lowest BCUT2D eigenvalue weighted by atomic mass is 10.2. The summed E-state index contributed by atoms with van der Waals surface area (Å²) >= 11 is 5.80. The van der Waals surface area contributed by atoms with Gasteiger partial charge in [0.15, 0.2) is 0 Å². The summed E-state index contributed by atoms with van der Waals surface area (Å²) in [6, 6.07) is 0. The Morgan fingerprint density at radius 3 is 2.00 bits per heavy atom. The predicted molar refractivity (Wildman–Crippen MR) is 34.1 cm³/mol. The maximum Gasteiger partial charge on any atom is 0.266 e. The van der Waals surface area contributed by atoms with Crippen LogP contribution in [-0.2, 0) is 0 Å². The number of rotatable bonds is 1. The van der Waals surface area contributed by atoms with E-state index in [9.17, 15) is 0 Å². The summed E-state index contributed by atoms with van der Waals surface area (Å²) < 4.78 is 0. The fourth-order valence-electron chi connectivity index (χ4n) is 0. The van der Waals surface area contributed by atoms with Crippen molar-refractivity contribution in [3.8, 4) is 0 Å². The molecule has 0 aliphatic heterocycles. The Hall–Kier alpha value is 0.765. The molecule has 0 fully saturated rings. The van der Waals surface area contributed by atoms with E-state index in [1.807, 2.05) is 13.1 Å². The van der Waals surface area contributed by atoms with Gasteiger partial charge in [0.25, 0.3) is 5.27 Å². The monoisotopic (exact) mass is 106 g/mol. The predicted octanol–water partition coefficient (Wildman–Crippen LogP) is 1.40. The Balaban J connectivity index is 2.54. The molecule has 3 heteroatoms. The molecule has 0 bridgehead atoms. The molecule has 0 aromatic heterocycles. The van der Waals surface area contributed by atoms with Gasteiger partial charge in [-0.05, 0) is 6.26 Å². The first-order valence-electron chi connectivity index (χ1n) is 1.48. The van der Waals surface area contributed by atoms with Crippen LogP contribution >= 0.6 is 24.1 Å². The topological polar surface area (TPSA) is 0 Å². The highest BCUT2D eigenvalue weighted by Crippen LogP contribution is 2.01. The Kier molecular flexibility index (Phi) is 3.43. The van der Waals surface area contributed by atoms with Crippen LogP contribution in [0.15, 0.2) is 0 Å². The van der Waals surface area contributed by atoms with E-state index in [4.69, 9.17) is 0 Å². The largest absolute Gasteiger partial charge is 0.266 e. The minimum atomic E-state index is 0.495. The number of hydrogen-bond donors (Lipinski definition) is 1. The van der Waals surface area contributed by atoms with Gasteiger partial charge in [-0.2, -0.15) is 11.6 Å². The maximum atomic E-state index is 4.06. The van der Waals surface area contributed by atoms with E-state index in [0.29, 0.717) is 5.27 Å². The second-order valence-electron chi connectivity index (χ2n) is 0.835. The number of hydrogen-bond acceptors (Lipinski definition) is 2. The van der Waals surface area contributed by atoms with Gasteiger partial charge in [0.2, 0.25) is 0 Å². The van der Waals surface area contributed by atoms with Crippen molar-refractivity contribution in [1.82, 2.24) is 0 Å². The zero-order chi connectivity index (χ0) is 4.28. The molecule has 5 heavy (non-hydrogen) atoms. The molecular weight excluding hydrogens is 99.0 g/mol. The standard InChI is InChI=1S/C2H7BS2/c1-3(4)5-2/h4H,1-2H3. The molecule has 0 aliphatic carbocycles. The van der Waals surface area contributed by atoms with Crippen LogP contribution in [0.1, 0.15) is 0 Å². The minimum absolute atomic E-state index is 0.495. The first kappa shape index (κ1) is 5.76.